The van der Waals surface area contributed by atoms with Crippen molar-refractivity contribution in [1.82, 2.24) is 0 Å². The molecule has 0 radical (unpaired) electrons. The summed E-state index contributed by atoms with van der Waals surface area (Å²) in [7, 11) is 1.56. The molecule has 150 valence electrons. The van der Waals surface area contributed by atoms with Crippen LogP contribution >= 0.6 is 0 Å². The van der Waals surface area contributed by atoms with E-state index < -0.39 is 18.0 Å². The van der Waals surface area contributed by atoms with Crippen LogP contribution in [0.3, 0.4) is 0 Å². The smallest absolute Gasteiger partial charge is 0.375 e. The molecule has 0 bridgehead atoms. The van der Waals surface area contributed by atoms with E-state index in [1.54, 1.807) is 37.4 Å². The van der Waals surface area contributed by atoms with Crippen LogP contribution < -0.4 is 14.8 Å². The van der Waals surface area contributed by atoms with Crippen LogP contribution in [0, 0.1) is 0 Å². The standard InChI is InChI=1S/C22H21NO6/c1-15(21(24)23-16-8-10-17(26-2)11-9-16)28-22(25)20-13-12-19(29-20)14-27-18-6-4-3-5-7-18/h3-13,15H,14H2,1-2H3,(H,23,24)/t15-/m0/s1. The highest BCUT2D eigenvalue weighted by Crippen LogP contribution is 2.17. The average Bonchev–Trinajstić information content (AvgIpc) is 3.23. The third-order valence-electron chi connectivity index (χ3n) is 4.00. The molecule has 0 aliphatic carbocycles. The zero-order valence-electron chi connectivity index (χ0n) is 16.1. The summed E-state index contributed by atoms with van der Waals surface area (Å²) < 4.78 is 21.3. The number of carbonyl (C=O) groups excluding carboxylic acids is 2. The number of anilines is 1. The predicted octanol–water partition coefficient (Wildman–Crippen LogP) is 4.05. The molecule has 0 aliphatic heterocycles. The minimum atomic E-state index is -1.00. The minimum absolute atomic E-state index is 0.000703. The maximum absolute atomic E-state index is 12.2. The molecule has 7 heteroatoms. The molecule has 0 saturated carbocycles. The first-order valence-corrected chi connectivity index (χ1v) is 8.97. The lowest BCUT2D eigenvalue weighted by atomic mass is 10.3. The number of amides is 1. The lowest BCUT2D eigenvalue weighted by Gasteiger charge is -2.13. The van der Waals surface area contributed by atoms with Gasteiger partial charge in [0.05, 0.1) is 7.11 Å². The Hall–Kier alpha value is -3.74. The van der Waals surface area contributed by atoms with E-state index in [0.717, 1.165) is 0 Å². The zero-order valence-corrected chi connectivity index (χ0v) is 16.1. The van der Waals surface area contributed by atoms with Gasteiger partial charge in [0.15, 0.2) is 6.10 Å². The lowest BCUT2D eigenvalue weighted by molar-refractivity contribution is -0.123. The Kier molecular flexibility index (Phi) is 6.52. The van der Waals surface area contributed by atoms with Crippen molar-refractivity contribution in [3.8, 4) is 11.5 Å². The van der Waals surface area contributed by atoms with Gasteiger partial charge in [-0.2, -0.15) is 0 Å². The van der Waals surface area contributed by atoms with Gasteiger partial charge in [-0.25, -0.2) is 4.79 Å². The Labute approximate surface area is 168 Å². The van der Waals surface area contributed by atoms with E-state index in [2.05, 4.69) is 5.32 Å². The van der Waals surface area contributed by atoms with Crippen LogP contribution in [-0.2, 0) is 16.1 Å². The normalized spacial score (nSPS) is 11.4. The summed E-state index contributed by atoms with van der Waals surface area (Å²) in [5.74, 6) is 0.650. The minimum Gasteiger partial charge on any atom is -0.497 e. The van der Waals surface area contributed by atoms with E-state index in [4.69, 9.17) is 18.6 Å². The van der Waals surface area contributed by atoms with Crippen molar-refractivity contribution in [2.45, 2.75) is 19.6 Å². The number of ether oxygens (including phenoxy) is 3. The fourth-order valence-electron chi connectivity index (χ4n) is 2.43. The fraction of sp³-hybridized carbons (Fsp3) is 0.182. The van der Waals surface area contributed by atoms with Crippen molar-refractivity contribution in [3.63, 3.8) is 0 Å². The van der Waals surface area contributed by atoms with Gasteiger partial charge in [-0.05, 0) is 55.5 Å². The third-order valence-corrected chi connectivity index (χ3v) is 4.00. The number of esters is 1. The van der Waals surface area contributed by atoms with Crippen LogP contribution in [0.2, 0.25) is 0 Å². The first kappa shape index (κ1) is 20.0. The van der Waals surface area contributed by atoms with Gasteiger partial charge in [0.1, 0.15) is 23.9 Å². The Balaban J connectivity index is 1.51. The van der Waals surface area contributed by atoms with Crippen molar-refractivity contribution < 1.29 is 28.2 Å². The monoisotopic (exact) mass is 395 g/mol. The molecule has 0 fully saturated rings. The maximum Gasteiger partial charge on any atom is 0.375 e. The van der Waals surface area contributed by atoms with Crippen molar-refractivity contribution in [2.75, 3.05) is 12.4 Å². The molecule has 29 heavy (non-hydrogen) atoms. The molecule has 0 spiro atoms. The average molecular weight is 395 g/mol. The summed E-state index contributed by atoms with van der Waals surface area (Å²) in [6, 6.07) is 19.2. The second-order valence-corrected chi connectivity index (χ2v) is 6.13. The Morgan fingerprint density at radius 2 is 1.69 bits per heavy atom. The van der Waals surface area contributed by atoms with Crippen LogP contribution in [0.25, 0.3) is 0 Å². The third kappa shape index (κ3) is 5.62. The number of para-hydroxylation sites is 1. The number of carbonyl (C=O) groups is 2. The summed E-state index contributed by atoms with van der Waals surface area (Å²) in [5.41, 5.74) is 0.567. The molecule has 1 atom stereocenters. The van der Waals surface area contributed by atoms with E-state index >= 15 is 0 Å². The highest BCUT2D eigenvalue weighted by atomic mass is 16.6. The van der Waals surface area contributed by atoms with Crippen molar-refractivity contribution in [1.29, 1.82) is 0 Å². The number of benzene rings is 2. The van der Waals surface area contributed by atoms with Crippen molar-refractivity contribution in [3.05, 3.63) is 78.3 Å². The van der Waals surface area contributed by atoms with Gasteiger partial charge < -0.3 is 23.9 Å². The van der Waals surface area contributed by atoms with Gasteiger partial charge in [-0.3, -0.25) is 4.79 Å². The van der Waals surface area contributed by atoms with Gasteiger partial charge in [0.25, 0.3) is 5.91 Å². The molecule has 1 heterocycles. The SMILES string of the molecule is COc1ccc(NC(=O)[C@H](C)OC(=O)c2ccc(COc3ccccc3)o2)cc1. The van der Waals surface area contributed by atoms with E-state index in [9.17, 15) is 9.59 Å². The second kappa shape index (κ2) is 9.45. The lowest BCUT2D eigenvalue weighted by Crippen LogP contribution is -2.29. The quantitative estimate of drug-likeness (QED) is 0.579. The topological polar surface area (TPSA) is 87.0 Å². The molecule has 0 unspecified atom stereocenters. The molecule has 0 aliphatic rings. The van der Waals surface area contributed by atoms with Gasteiger partial charge in [-0.15, -0.1) is 0 Å². The largest absolute Gasteiger partial charge is 0.497 e. The number of furan rings is 1. The van der Waals surface area contributed by atoms with Gasteiger partial charge in [0, 0.05) is 5.69 Å². The second-order valence-electron chi connectivity index (χ2n) is 6.13. The van der Waals surface area contributed by atoms with E-state index in [-0.39, 0.29) is 12.4 Å². The number of hydrogen-bond acceptors (Lipinski definition) is 6. The van der Waals surface area contributed by atoms with Crippen molar-refractivity contribution in [2.24, 2.45) is 0 Å². The van der Waals surface area contributed by atoms with Gasteiger partial charge in [0.2, 0.25) is 5.76 Å². The molecule has 1 aromatic heterocycles. The first-order valence-electron chi connectivity index (χ1n) is 8.97. The molecule has 3 aromatic rings. The zero-order chi connectivity index (χ0) is 20.6. The van der Waals surface area contributed by atoms with E-state index in [0.29, 0.717) is 22.9 Å². The summed E-state index contributed by atoms with van der Waals surface area (Å²) in [4.78, 5) is 24.5. The predicted molar refractivity (Wildman–Crippen MR) is 106 cm³/mol. The summed E-state index contributed by atoms with van der Waals surface area (Å²) in [6.45, 7) is 1.66. The maximum atomic E-state index is 12.2. The molecule has 1 N–H and O–H groups in total. The molecule has 0 saturated heterocycles. The van der Waals surface area contributed by atoms with Crippen LogP contribution in [0.4, 0.5) is 5.69 Å². The van der Waals surface area contributed by atoms with Crippen molar-refractivity contribution >= 4 is 17.6 Å². The molecular formula is C22H21NO6. The van der Waals surface area contributed by atoms with E-state index in [1.807, 2.05) is 30.3 Å². The fourth-order valence-corrected chi connectivity index (χ4v) is 2.43. The molecule has 1 amide bonds. The highest BCUT2D eigenvalue weighted by molar-refractivity contribution is 5.96. The van der Waals surface area contributed by atoms with E-state index in [1.165, 1.54) is 13.0 Å². The first-order chi connectivity index (χ1) is 14.0. The summed E-state index contributed by atoms with van der Waals surface area (Å²) in [5, 5.41) is 2.67. The Bertz CT molecular complexity index is 949. The van der Waals surface area contributed by atoms with Crippen LogP contribution in [0.1, 0.15) is 23.2 Å². The van der Waals surface area contributed by atoms with Crippen LogP contribution in [0.15, 0.2) is 71.1 Å². The Morgan fingerprint density at radius 3 is 2.38 bits per heavy atom. The summed E-state index contributed by atoms with van der Waals surface area (Å²) >= 11 is 0. The molecule has 2 aromatic carbocycles. The van der Waals surface area contributed by atoms with Crippen LogP contribution in [-0.4, -0.2) is 25.1 Å². The highest BCUT2D eigenvalue weighted by Gasteiger charge is 2.21. The van der Waals surface area contributed by atoms with Gasteiger partial charge in [-0.1, -0.05) is 18.2 Å². The molecular weight excluding hydrogens is 374 g/mol. The number of nitrogens with one attached hydrogen (secondary N) is 1. The number of methoxy groups -OCH3 is 1. The van der Waals surface area contributed by atoms with Crippen LogP contribution in [0.5, 0.6) is 11.5 Å². The molecule has 3 rings (SSSR count). The number of hydrogen-bond donors (Lipinski definition) is 1. The molecule has 7 nitrogen and oxygen atoms in total. The summed E-state index contributed by atoms with van der Waals surface area (Å²) in [6.07, 6.45) is -1.00. The Morgan fingerprint density at radius 1 is 0.966 bits per heavy atom. The number of rotatable bonds is 8. The van der Waals surface area contributed by atoms with Gasteiger partial charge >= 0.3 is 5.97 Å².